The number of aryl methyl sites for hydroxylation is 2. The molecule has 0 aliphatic carbocycles. The van der Waals surface area contributed by atoms with E-state index in [1.54, 1.807) is 11.3 Å². The van der Waals surface area contributed by atoms with Gasteiger partial charge in [0.05, 0.1) is 16.9 Å². The van der Waals surface area contributed by atoms with Crippen LogP contribution >= 0.6 is 11.3 Å². The van der Waals surface area contributed by atoms with Crippen LogP contribution in [-0.2, 0) is 20.1 Å². The van der Waals surface area contributed by atoms with Crippen LogP contribution in [0.4, 0.5) is 0 Å². The van der Waals surface area contributed by atoms with Crippen molar-refractivity contribution in [2.45, 2.75) is 53.4 Å². The van der Waals surface area contributed by atoms with Crippen LogP contribution in [0.5, 0.6) is 0 Å². The second kappa shape index (κ2) is 12.5. The molecule has 0 bridgehead atoms. The first kappa shape index (κ1) is 31.2. The smallest absolute Gasteiger partial charge is 0.0774 e. The molecule has 45 heavy (non-hydrogen) atoms. The van der Waals surface area contributed by atoms with Crippen molar-refractivity contribution in [3.63, 3.8) is 0 Å². The maximum absolute atomic E-state index is 5.34. The maximum atomic E-state index is 5.34. The van der Waals surface area contributed by atoms with E-state index >= 15 is 0 Å². The minimum absolute atomic E-state index is 0. The number of rotatable bonds is 6. The fourth-order valence-corrected chi connectivity index (χ4v) is 7.42. The first-order valence-corrected chi connectivity index (χ1v) is 16.4. The van der Waals surface area contributed by atoms with Gasteiger partial charge in [-0.2, -0.15) is 0 Å². The summed E-state index contributed by atoms with van der Waals surface area (Å²) in [6, 6.07) is 37.5. The molecule has 0 spiro atoms. The molecule has 0 fully saturated rings. The molecule has 0 saturated heterocycles. The van der Waals surface area contributed by atoms with Gasteiger partial charge in [-0.05, 0) is 94.5 Å². The van der Waals surface area contributed by atoms with Crippen molar-refractivity contribution in [1.82, 2.24) is 9.55 Å². The van der Waals surface area contributed by atoms with Crippen LogP contribution in [0, 0.1) is 19.2 Å². The summed E-state index contributed by atoms with van der Waals surface area (Å²) in [7, 11) is 0. The average molecular weight is 782 g/mol. The number of fused-ring (bicyclic) bond motifs is 2. The third kappa shape index (κ3) is 5.50. The Balaban J connectivity index is 0.00000357. The molecule has 0 amide bonds. The van der Waals surface area contributed by atoms with E-state index in [0.29, 0.717) is 11.8 Å². The second-order valence-corrected chi connectivity index (χ2v) is 13.3. The summed E-state index contributed by atoms with van der Waals surface area (Å²) in [4.78, 5) is 5.34. The predicted octanol–water partition coefficient (Wildman–Crippen LogP) is 11.9. The molecule has 7 aromatic rings. The van der Waals surface area contributed by atoms with Gasteiger partial charge in [-0.1, -0.05) is 122 Å². The van der Waals surface area contributed by atoms with Crippen molar-refractivity contribution in [2.75, 3.05) is 0 Å². The van der Waals surface area contributed by atoms with Crippen molar-refractivity contribution < 1.29 is 20.1 Å². The van der Waals surface area contributed by atoms with Gasteiger partial charge in [-0.15, -0.1) is 5.39 Å². The number of nitrogens with zero attached hydrogens (tertiary/aromatic N) is 2. The molecule has 0 N–H and O–H groups in total. The summed E-state index contributed by atoms with van der Waals surface area (Å²) in [5, 5.41) is 4.90. The normalized spacial score (nSPS) is 11.6. The molecule has 7 rings (SSSR count). The predicted molar refractivity (Wildman–Crippen MR) is 189 cm³/mol. The Morgan fingerprint density at radius 3 is 1.98 bits per heavy atom. The topological polar surface area (TPSA) is 17.8 Å². The Hall–Kier alpha value is -3.82. The summed E-state index contributed by atoms with van der Waals surface area (Å²) in [6.45, 7) is 13.6. The van der Waals surface area contributed by atoms with Gasteiger partial charge in [0.25, 0.3) is 0 Å². The Bertz CT molecular complexity index is 2100. The van der Waals surface area contributed by atoms with E-state index in [0.717, 1.165) is 22.4 Å². The number of benzene rings is 5. The minimum atomic E-state index is 0. The summed E-state index contributed by atoms with van der Waals surface area (Å²) in [5.74, 6) is 1.59. The molecule has 0 aliphatic heterocycles. The Morgan fingerprint density at radius 2 is 1.31 bits per heavy atom. The van der Waals surface area contributed by atoms with Gasteiger partial charge in [-0.3, -0.25) is 16.3 Å². The van der Waals surface area contributed by atoms with E-state index in [1.807, 2.05) is 0 Å². The first-order valence-electron chi connectivity index (χ1n) is 15.5. The number of hydrogen-bond donors (Lipinski definition) is 0. The van der Waals surface area contributed by atoms with Crippen molar-refractivity contribution in [2.24, 2.45) is 0 Å². The van der Waals surface area contributed by atoms with Gasteiger partial charge in [0.2, 0.25) is 0 Å². The number of aromatic nitrogens is 2. The SMILES string of the molecule is Cc1cccc(C)c1-c1ccc2s[c-]c(-c3nc4ccccc4n3-c3c(C(C)C)cc(-c4ccccc4)cc3C(C)C)c2c1.[Ir]. The largest absolute Gasteiger partial charge is 0.333 e. The summed E-state index contributed by atoms with van der Waals surface area (Å²) < 4.78 is 3.65. The summed E-state index contributed by atoms with van der Waals surface area (Å²) in [5.41, 5.74) is 14.7. The molecular weight excluding hydrogens is 745 g/mol. The fraction of sp³-hybridized carbons (Fsp3) is 0.195. The van der Waals surface area contributed by atoms with Gasteiger partial charge in [0.15, 0.2) is 0 Å². The quantitative estimate of drug-likeness (QED) is 0.154. The van der Waals surface area contributed by atoms with Crippen LogP contribution in [0.3, 0.4) is 0 Å². The van der Waals surface area contributed by atoms with Crippen molar-refractivity contribution in [1.29, 1.82) is 0 Å². The minimum Gasteiger partial charge on any atom is -0.333 e. The van der Waals surface area contributed by atoms with Crippen molar-refractivity contribution >= 4 is 32.5 Å². The Labute approximate surface area is 284 Å². The Kier molecular flexibility index (Phi) is 8.68. The fourth-order valence-electron chi connectivity index (χ4n) is 6.60. The Morgan fingerprint density at radius 1 is 0.667 bits per heavy atom. The van der Waals surface area contributed by atoms with Gasteiger partial charge < -0.3 is 4.57 Å². The molecule has 2 aromatic heterocycles. The molecule has 0 unspecified atom stereocenters. The van der Waals surface area contributed by atoms with Crippen LogP contribution in [0.2, 0.25) is 0 Å². The monoisotopic (exact) mass is 782 g/mol. The van der Waals surface area contributed by atoms with Crippen molar-refractivity contribution in [3.8, 4) is 39.3 Å². The summed E-state index contributed by atoms with van der Waals surface area (Å²) in [6.07, 6.45) is 0. The third-order valence-electron chi connectivity index (χ3n) is 8.81. The molecular formula is C41H37IrN2S-. The zero-order chi connectivity index (χ0) is 30.5. The van der Waals surface area contributed by atoms with Gasteiger partial charge >= 0.3 is 0 Å². The molecule has 2 nitrogen and oxygen atoms in total. The van der Waals surface area contributed by atoms with Gasteiger partial charge in [-0.25, -0.2) is 0 Å². The maximum Gasteiger partial charge on any atom is 0.0774 e. The van der Waals surface area contributed by atoms with Crippen LogP contribution in [0.15, 0.2) is 103 Å². The standard InChI is InChI=1S/C41H37N2S.Ir/c1-25(2)32-22-31(29-15-8-7-9-16-29)23-33(26(3)4)40(32)43-37-18-11-10-17-36(37)42-41(43)35-24-44-38-20-19-30(21-34(35)38)39-27(5)13-12-14-28(39)6;/h7-23,25-26H,1-6H3;/q-1;. The number of imidazole rings is 1. The molecule has 227 valence electrons. The number of para-hydroxylation sites is 2. The van der Waals surface area contributed by atoms with Gasteiger partial charge in [0.1, 0.15) is 0 Å². The van der Waals surface area contributed by atoms with E-state index in [1.165, 1.54) is 60.3 Å². The molecule has 1 radical (unpaired) electrons. The first-order chi connectivity index (χ1) is 21.3. The molecule has 0 saturated carbocycles. The molecule has 0 atom stereocenters. The van der Waals surface area contributed by atoms with Gasteiger partial charge in [0, 0.05) is 25.8 Å². The van der Waals surface area contributed by atoms with Crippen LogP contribution < -0.4 is 0 Å². The average Bonchev–Trinajstić information content (AvgIpc) is 3.61. The molecule has 2 heterocycles. The van der Waals surface area contributed by atoms with E-state index in [2.05, 4.69) is 155 Å². The van der Waals surface area contributed by atoms with Crippen LogP contribution in [0.25, 0.3) is 60.4 Å². The molecule has 4 heteroatoms. The number of thiophene rings is 1. The summed E-state index contributed by atoms with van der Waals surface area (Å²) >= 11 is 1.68. The number of hydrogen-bond acceptors (Lipinski definition) is 2. The zero-order valence-corrected chi connectivity index (χ0v) is 29.8. The van der Waals surface area contributed by atoms with Crippen LogP contribution in [0.1, 0.15) is 61.8 Å². The van der Waals surface area contributed by atoms with E-state index < -0.39 is 0 Å². The molecule has 5 aromatic carbocycles. The molecule has 0 aliphatic rings. The van der Waals surface area contributed by atoms with E-state index in [9.17, 15) is 0 Å². The van der Waals surface area contributed by atoms with E-state index in [4.69, 9.17) is 4.98 Å². The second-order valence-electron chi connectivity index (χ2n) is 12.5. The zero-order valence-electron chi connectivity index (χ0n) is 26.6. The van der Waals surface area contributed by atoms with E-state index in [-0.39, 0.29) is 20.1 Å². The van der Waals surface area contributed by atoms with Crippen LogP contribution in [-0.4, -0.2) is 9.55 Å². The third-order valence-corrected chi connectivity index (χ3v) is 9.69. The van der Waals surface area contributed by atoms with Crippen molar-refractivity contribution in [3.05, 3.63) is 131 Å².